The van der Waals surface area contributed by atoms with E-state index in [0.717, 1.165) is 23.1 Å². The Morgan fingerprint density at radius 1 is 1.47 bits per heavy atom. The number of nitrogen functional groups attached to an aromatic ring is 1. The van der Waals surface area contributed by atoms with Crippen LogP contribution >= 0.6 is 11.8 Å². The van der Waals surface area contributed by atoms with Gasteiger partial charge >= 0.3 is 0 Å². The van der Waals surface area contributed by atoms with Crippen LogP contribution in [0.1, 0.15) is 20.3 Å². The molecule has 2 nitrogen and oxygen atoms in total. The smallest absolute Gasteiger partial charge is 0.134 e. The maximum Gasteiger partial charge on any atom is 0.134 e. The maximum absolute atomic E-state index is 5.70. The van der Waals surface area contributed by atoms with Crippen molar-refractivity contribution >= 4 is 17.4 Å². The van der Waals surface area contributed by atoms with E-state index in [1.807, 2.05) is 30.0 Å². The zero-order valence-corrected chi connectivity index (χ0v) is 10.4. The second-order valence-electron chi connectivity index (χ2n) is 3.73. The molecule has 0 heterocycles. The molecule has 0 radical (unpaired) electrons. The molecule has 1 unspecified atom stereocenters. The van der Waals surface area contributed by atoms with Crippen LogP contribution in [0.5, 0.6) is 5.75 Å². The van der Waals surface area contributed by atoms with Gasteiger partial charge in [0, 0.05) is 22.4 Å². The SMILES string of the molecule is CCC(C)CSc1ccc(N)cc1OC. The van der Waals surface area contributed by atoms with Crippen LogP contribution in [0.25, 0.3) is 0 Å². The summed E-state index contributed by atoms with van der Waals surface area (Å²) in [4.78, 5) is 1.17. The van der Waals surface area contributed by atoms with Gasteiger partial charge in [-0.25, -0.2) is 0 Å². The second kappa shape index (κ2) is 5.91. The van der Waals surface area contributed by atoms with Gasteiger partial charge in [0.1, 0.15) is 5.75 Å². The molecule has 0 fully saturated rings. The van der Waals surface area contributed by atoms with Gasteiger partial charge in [-0.15, -0.1) is 11.8 Å². The highest BCUT2D eigenvalue weighted by atomic mass is 32.2. The van der Waals surface area contributed by atoms with Crippen LogP contribution in [-0.4, -0.2) is 12.9 Å². The van der Waals surface area contributed by atoms with Crippen LogP contribution in [-0.2, 0) is 0 Å². The number of hydrogen-bond acceptors (Lipinski definition) is 3. The van der Waals surface area contributed by atoms with Crippen LogP contribution in [0.15, 0.2) is 23.1 Å². The lowest BCUT2D eigenvalue weighted by Gasteiger charge is -2.11. The van der Waals surface area contributed by atoms with Crippen molar-refractivity contribution in [2.45, 2.75) is 25.2 Å². The van der Waals surface area contributed by atoms with Gasteiger partial charge in [-0.1, -0.05) is 20.3 Å². The third kappa shape index (κ3) is 3.67. The monoisotopic (exact) mass is 225 g/mol. The van der Waals surface area contributed by atoms with Crippen molar-refractivity contribution in [2.75, 3.05) is 18.6 Å². The lowest BCUT2D eigenvalue weighted by atomic mass is 10.2. The molecule has 0 aromatic heterocycles. The second-order valence-corrected chi connectivity index (χ2v) is 4.80. The normalized spacial score (nSPS) is 12.5. The highest BCUT2D eigenvalue weighted by Crippen LogP contribution is 2.32. The van der Waals surface area contributed by atoms with Crippen LogP contribution < -0.4 is 10.5 Å². The highest BCUT2D eigenvalue weighted by Gasteiger charge is 2.06. The fraction of sp³-hybridized carbons (Fsp3) is 0.500. The third-order valence-corrected chi connectivity index (χ3v) is 3.79. The number of rotatable bonds is 5. The quantitative estimate of drug-likeness (QED) is 0.616. The van der Waals surface area contributed by atoms with Gasteiger partial charge in [0.25, 0.3) is 0 Å². The molecule has 1 atom stereocenters. The Balaban J connectivity index is 2.67. The van der Waals surface area contributed by atoms with Crippen molar-refractivity contribution < 1.29 is 4.74 Å². The Bertz CT molecular complexity index is 314. The summed E-state index contributed by atoms with van der Waals surface area (Å²) in [7, 11) is 1.68. The average Bonchev–Trinajstić information content (AvgIpc) is 2.26. The predicted molar refractivity (Wildman–Crippen MR) is 67.6 cm³/mol. The third-order valence-electron chi connectivity index (χ3n) is 2.41. The van der Waals surface area contributed by atoms with Crippen LogP contribution in [0.2, 0.25) is 0 Å². The Morgan fingerprint density at radius 2 is 2.20 bits per heavy atom. The highest BCUT2D eigenvalue weighted by molar-refractivity contribution is 7.99. The standard InChI is InChI=1S/C12H19NOS/c1-4-9(2)8-15-12-6-5-10(13)7-11(12)14-3/h5-7,9H,4,8,13H2,1-3H3. The summed E-state index contributed by atoms with van der Waals surface area (Å²) in [5.74, 6) is 2.73. The summed E-state index contributed by atoms with van der Waals surface area (Å²) in [5, 5.41) is 0. The van der Waals surface area contributed by atoms with Gasteiger partial charge in [-0.05, 0) is 18.1 Å². The number of nitrogens with two attached hydrogens (primary N) is 1. The minimum absolute atomic E-state index is 0.734. The number of thioether (sulfide) groups is 1. The van der Waals surface area contributed by atoms with E-state index in [1.54, 1.807) is 7.11 Å². The number of ether oxygens (including phenoxy) is 1. The summed E-state index contributed by atoms with van der Waals surface area (Å²) >= 11 is 1.83. The summed E-state index contributed by atoms with van der Waals surface area (Å²) in [6.07, 6.45) is 1.21. The number of benzene rings is 1. The molecule has 1 aromatic carbocycles. The Labute approximate surface area is 96.2 Å². The average molecular weight is 225 g/mol. The summed E-state index contributed by atoms with van der Waals surface area (Å²) < 4.78 is 5.29. The molecule has 0 aliphatic rings. The molecule has 0 spiro atoms. The molecule has 0 saturated heterocycles. The van der Waals surface area contributed by atoms with Crippen molar-refractivity contribution in [3.63, 3.8) is 0 Å². The van der Waals surface area contributed by atoms with E-state index in [0.29, 0.717) is 0 Å². The van der Waals surface area contributed by atoms with Gasteiger partial charge < -0.3 is 10.5 Å². The van der Waals surface area contributed by atoms with E-state index in [-0.39, 0.29) is 0 Å². The molecule has 84 valence electrons. The minimum Gasteiger partial charge on any atom is -0.496 e. The van der Waals surface area contributed by atoms with Crippen molar-refractivity contribution in [1.82, 2.24) is 0 Å². The van der Waals surface area contributed by atoms with Crippen molar-refractivity contribution in [1.29, 1.82) is 0 Å². The largest absolute Gasteiger partial charge is 0.496 e. The van der Waals surface area contributed by atoms with Crippen molar-refractivity contribution in [2.24, 2.45) is 5.92 Å². The first-order valence-corrected chi connectivity index (χ1v) is 6.22. The summed E-state index contributed by atoms with van der Waals surface area (Å²) in [5.41, 5.74) is 6.45. The molecule has 15 heavy (non-hydrogen) atoms. The van der Waals surface area contributed by atoms with Crippen molar-refractivity contribution in [3.05, 3.63) is 18.2 Å². The van der Waals surface area contributed by atoms with Crippen LogP contribution in [0.4, 0.5) is 5.69 Å². The van der Waals surface area contributed by atoms with E-state index < -0.39 is 0 Å². The Hall–Kier alpha value is -0.830. The van der Waals surface area contributed by atoms with Gasteiger partial charge in [0.2, 0.25) is 0 Å². The van der Waals surface area contributed by atoms with Gasteiger partial charge in [0.15, 0.2) is 0 Å². The molecule has 3 heteroatoms. The first-order valence-electron chi connectivity index (χ1n) is 5.23. The maximum atomic E-state index is 5.70. The molecule has 0 bridgehead atoms. The van der Waals surface area contributed by atoms with E-state index in [9.17, 15) is 0 Å². The molecule has 1 aromatic rings. The molecule has 0 aliphatic carbocycles. The number of anilines is 1. The van der Waals surface area contributed by atoms with Gasteiger partial charge in [0.05, 0.1) is 7.11 Å². The lowest BCUT2D eigenvalue weighted by Crippen LogP contribution is -1.96. The van der Waals surface area contributed by atoms with E-state index >= 15 is 0 Å². The minimum atomic E-state index is 0.734. The molecule has 0 aliphatic heterocycles. The molecule has 1 rings (SSSR count). The summed E-state index contributed by atoms with van der Waals surface area (Å²) in [6.45, 7) is 4.47. The number of hydrogen-bond donors (Lipinski definition) is 1. The van der Waals surface area contributed by atoms with Gasteiger partial charge in [-0.3, -0.25) is 0 Å². The number of methoxy groups -OCH3 is 1. The molecule has 0 amide bonds. The van der Waals surface area contributed by atoms with Gasteiger partial charge in [-0.2, -0.15) is 0 Å². The molecule has 0 saturated carbocycles. The van der Waals surface area contributed by atoms with E-state index in [4.69, 9.17) is 10.5 Å². The predicted octanol–water partition coefficient (Wildman–Crippen LogP) is 3.42. The first-order chi connectivity index (χ1) is 7.17. The van der Waals surface area contributed by atoms with E-state index in [1.165, 1.54) is 11.3 Å². The molecular weight excluding hydrogens is 206 g/mol. The van der Waals surface area contributed by atoms with Crippen molar-refractivity contribution in [3.8, 4) is 5.75 Å². The Morgan fingerprint density at radius 3 is 2.80 bits per heavy atom. The van der Waals surface area contributed by atoms with E-state index in [2.05, 4.69) is 13.8 Å². The lowest BCUT2D eigenvalue weighted by molar-refractivity contribution is 0.405. The zero-order chi connectivity index (χ0) is 11.3. The van der Waals surface area contributed by atoms with Crippen LogP contribution in [0.3, 0.4) is 0 Å². The first kappa shape index (κ1) is 12.2. The van der Waals surface area contributed by atoms with Crippen LogP contribution in [0, 0.1) is 5.92 Å². The fourth-order valence-electron chi connectivity index (χ4n) is 1.15. The topological polar surface area (TPSA) is 35.2 Å². The fourth-order valence-corrected chi connectivity index (χ4v) is 2.30. The molecule has 2 N–H and O–H groups in total. The Kier molecular flexibility index (Phi) is 4.82. The zero-order valence-electron chi connectivity index (χ0n) is 9.62. The molecular formula is C12H19NOS. The summed E-state index contributed by atoms with van der Waals surface area (Å²) in [6, 6.07) is 5.82.